The molecule has 1 aliphatic carbocycles. The first kappa shape index (κ1) is 16.3. The fraction of sp³-hybridized carbons (Fsp3) is 0.933. The average molecular weight is 269 g/mol. The zero-order valence-electron chi connectivity index (χ0n) is 12.9. The van der Waals surface area contributed by atoms with Crippen molar-refractivity contribution < 1.29 is 4.74 Å². The molecule has 0 spiro atoms. The molecule has 0 amide bonds. The van der Waals surface area contributed by atoms with Gasteiger partial charge in [-0.15, -0.1) is 0 Å². The van der Waals surface area contributed by atoms with Crippen molar-refractivity contribution in [1.29, 1.82) is 0 Å². The molecule has 4 heteroatoms. The Labute approximate surface area is 118 Å². The Morgan fingerprint density at radius 1 is 1.32 bits per heavy atom. The summed E-state index contributed by atoms with van der Waals surface area (Å²) in [5.41, 5.74) is 0. The molecule has 0 aromatic heterocycles. The lowest BCUT2D eigenvalue weighted by Gasteiger charge is -2.16. The van der Waals surface area contributed by atoms with Gasteiger partial charge in [0, 0.05) is 32.3 Å². The van der Waals surface area contributed by atoms with E-state index in [0.717, 1.165) is 38.7 Å². The first-order valence-electron chi connectivity index (χ1n) is 7.85. The summed E-state index contributed by atoms with van der Waals surface area (Å²) in [6.45, 7) is 9.87. The quantitative estimate of drug-likeness (QED) is 0.404. The smallest absolute Gasteiger partial charge is 0.191 e. The van der Waals surface area contributed by atoms with E-state index in [-0.39, 0.29) is 0 Å². The van der Waals surface area contributed by atoms with Gasteiger partial charge in [-0.3, -0.25) is 4.99 Å². The zero-order chi connectivity index (χ0) is 13.9. The summed E-state index contributed by atoms with van der Waals surface area (Å²) < 4.78 is 5.56. The number of aliphatic imine (C=N–C) groups is 1. The Kier molecular flexibility index (Phi) is 8.63. The molecule has 0 radical (unpaired) electrons. The van der Waals surface area contributed by atoms with Crippen molar-refractivity contribution in [2.45, 2.75) is 58.9 Å². The van der Waals surface area contributed by atoms with Crippen molar-refractivity contribution in [3.8, 4) is 0 Å². The molecule has 112 valence electrons. The highest BCUT2D eigenvalue weighted by Gasteiger charge is 2.15. The van der Waals surface area contributed by atoms with E-state index in [9.17, 15) is 0 Å². The summed E-state index contributed by atoms with van der Waals surface area (Å²) in [6.07, 6.45) is 6.25. The second-order valence-corrected chi connectivity index (χ2v) is 5.71. The van der Waals surface area contributed by atoms with Crippen molar-refractivity contribution in [2.24, 2.45) is 10.9 Å². The molecule has 0 bridgehead atoms. The van der Waals surface area contributed by atoms with Crippen LogP contribution in [0.4, 0.5) is 0 Å². The number of ether oxygens (including phenoxy) is 1. The van der Waals surface area contributed by atoms with E-state index in [4.69, 9.17) is 4.74 Å². The van der Waals surface area contributed by atoms with E-state index in [1.807, 2.05) is 0 Å². The molecule has 1 aliphatic rings. The number of guanidine groups is 1. The Balaban J connectivity index is 2.16. The maximum absolute atomic E-state index is 5.56. The Morgan fingerprint density at radius 3 is 2.68 bits per heavy atom. The van der Waals surface area contributed by atoms with Crippen LogP contribution in [0.15, 0.2) is 4.99 Å². The van der Waals surface area contributed by atoms with Crippen LogP contribution in [0.5, 0.6) is 0 Å². The van der Waals surface area contributed by atoms with Crippen LogP contribution < -0.4 is 10.6 Å². The Bertz CT molecular complexity index is 248. The maximum atomic E-state index is 5.56. The van der Waals surface area contributed by atoms with Crippen LogP contribution in [0.2, 0.25) is 0 Å². The van der Waals surface area contributed by atoms with Crippen LogP contribution in [0.3, 0.4) is 0 Å². The minimum absolute atomic E-state index is 0.616. The minimum atomic E-state index is 0.616. The summed E-state index contributed by atoms with van der Waals surface area (Å²) in [4.78, 5) is 4.61. The summed E-state index contributed by atoms with van der Waals surface area (Å²) in [7, 11) is 0. The fourth-order valence-corrected chi connectivity index (χ4v) is 2.26. The van der Waals surface area contributed by atoms with Gasteiger partial charge in [0.05, 0.1) is 0 Å². The molecule has 1 rings (SSSR count). The van der Waals surface area contributed by atoms with Crippen LogP contribution in [0, 0.1) is 5.92 Å². The van der Waals surface area contributed by atoms with Crippen LogP contribution in [0.1, 0.15) is 52.9 Å². The van der Waals surface area contributed by atoms with Gasteiger partial charge < -0.3 is 15.4 Å². The van der Waals surface area contributed by atoms with Gasteiger partial charge >= 0.3 is 0 Å². The highest BCUT2D eigenvalue weighted by molar-refractivity contribution is 5.80. The molecule has 0 unspecified atom stereocenters. The third kappa shape index (κ3) is 8.09. The maximum Gasteiger partial charge on any atom is 0.191 e. The van der Waals surface area contributed by atoms with E-state index >= 15 is 0 Å². The topological polar surface area (TPSA) is 45.7 Å². The molecule has 0 aromatic rings. The lowest BCUT2D eigenvalue weighted by atomic mass is 10.2. The predicted octanol–water partition coefficient (Wildman–Crippen LogP) is 2.55. The molecule has 0 aliphatic heterocycles. The van der Waals surface area contributed by atoms with Crippen molar-refractivity contribution in [3.05, 3.63) is 0 Å². The van der Waals surface area contributed by atoms with Gasteiger partial charge in [0.15, 0.2) is 5.96 Å². The molecular weight excluding hydrogens is 238 g/mol. The lowest BCUT2D eigenvalue weighted by Crippen LogP contribution is -2.42. The van der Waals surface area contributed by atoms with Crippen LogP contribution in [-0.4, -0.2) is 38.3 Å². The molecule has 4 nitrogen and oxygen atoms in total. The van der Waals surface area contributed by atoms with Gasteiger partial charge in [0.25, 0.3) is 0 Å². The number of rotatable bonds is 8. The largest absolute Gasteiger partial charge is 0.381 e. The van der Waals surface area contributed by atoms with Crippen LogP contribution in [-0.2, 0) is 4.74 Å². The van der Waals surface area contributed by atoms with Gasteiger partial charge in [-0.05, 0) is 32.1 Å². The lowest BCUT2D eigenvalue weighted by molar-refractivity contribution is 0.109. The summed E-state index contributed by atoms with van der Waals surface area (Å²) in [5.74, 6) is 1.59. The average Bonchev–Trinajstić information content (AvgIpc) is 2.86. The number of nitrogens with one attached hydrogen (secondary N) is 2. The predicted molar refractivity (Wildman–Crippen MR) is 81.6 cm³/mol. The van der Waals surface area contributed by atoms with Crippen LogP contribution >= 0.6 is 0 Å². The zero-order valence-corrected chi connectivity index (χ0v) is 12.9. The Hall–Kier alpha value is -0.770. The first-order chi connectivity index (χ1) is 9.22. The molecule has 1 fully saturated rings. The van der Waals surface area contributed by atoms with E-state index in [0.29, 0.717) is 12.0 Å². The third-order valence-corrected chi connectivity index (χ3v) is 3.21. The van der Waals surface area contributed by atoms with Crippen molar-refractivity contribution in [1.82, 2.24) is 10.6 Å². The van der Waals surface area contributed by atoms with Crippen molar-refractivity contribution >= 4 is 5.96 Å². The molecular formula is C15H31N3O. The standard InChI is InChI=1S/C15H31N3O/c1-4-16-15(18-14-8-5-6-9-14)17-10-7-11-19-12-13(2)3/h13-14H,4-12H2,1-3H3,(H2,16,17,18). The molecule has 2 N–H and O–H groups in total. The normalized spacial score (nSPS) is 17.2. The van der Waals surface area contributed by atoms with E-state index in [1.165, 1.54) is 25.7 Å². The van der Waals surface area contributed by atoms with E-state index < -0.39 is 0 Å². The number of hydrogen-bond acceptors (Lipinski definition) is 2. The van der Waals surface area contributed by atoms with Gasteiger partial charge in [-0.2, -0.15) is 0 Å². The molecule has 0 atom stereocenters. The molecule has 1 saturated carbocycles. The van der Waals surface area contributed by atoms with Gasteiger partial charge in [-0.1, -0.05) is 26.7 Å². The SMILES string of the molecule is CCNC(=NCCCOCC(C)C)NC1CCCC1. The first-order valence-corrected chi connectivity index (χ1v) is 7.85. The second-order valence-electron chi connectivity index (χ2n) is 5.71. The van der Waals surface area contributed by atoms with Gasteiger partial charge in [0.1, 0.15) is 0 Å². The molecule has 0 heterocycles. The van der Waals surface area contributed by atoms with E-state index in [1.54, 1.807) is 0 Å². The van der Waals surface area contributed by atoms with E-state index in [2.05, 4.69) is 36.4 Å². The fourth-order valence-electron chi connectivity index (χ4n) is 2.26. The molecule has 19 heavy (non-hydrogen) atoms. The summed E-state index contributed by atoms with van der Waals surface area (Å²) >= 11 is 0. The second kappa shape index (κ2) is 10.1. The van der Waals surface area contributed by atoms with Crippen molar-refractivity contribution in [3.63, 3.8) is 0 Å². The Morgan fingerprint density at radius 2 is 2.05 bits per heavy atom. The van der Waals surface area contributed by atoms with Crippen LogP contribution in [0.25, 0.3) is 0 Å². The minimum Gasteiger partial charge on any atom is -0.381 e. The monoisotopic (exact) mass is 269 g/mol. The summed E-state index contributed by atoms with van der Waals surface area (Å²) in [6, 6.07) is 0.620. The number of hydrogen-bond donors (Lipinski definition) is 2. The highest BCUT2D eigenvalue weighted by atomic mass is 16.5. The van der Waals surface area contributed by atoms with Gasteiger partial charge in [-0.25, -0.2) is 0 Å². The highest BCUT2D eigenvalue weighted by Crippen LogP contribution is 2.17. The molecule has 0 aromatic carbocycles. The third-order valence-electron chi connectivity index (χ3n) is 3.21. The number of nitrogens with zero attached hydrogens (tertiary/aromatic N) is 1. The summed E-state index contributed by atoms with van der Waals surface area (Å²) in [5, 5.41) is 6.84. The van der Waals surface area contributed by atoms with Crippen molar-refractivity contribution in [2.75, 3.05) is 26.3 Å². The van der Waals surface area contributed by atoms with Gasteiger partial charge in [0.2, 0.25) is 0 Å². The molecule has 0 saturated heterocycles.